The summed E-state index contributed by atoms with van der Waals surface area (Å²) in [5, 5.41) is 27.3. The van der Waals surface area contributed by atoms with E-state index in [-0.39, 0.29) is 11.3 Å². The lowest BCUT2D eigenvalue weighted by Gasteiger charge is -2.10. The average molecular weight is 407 g/mol. The van der Waals surface area contributed by atoms with Gasteiger partial charge in [-0.3, -0.25) is 14.9 Å². The van der Waals surface area contributed by atoms with Gasteiger partial charge in [-0.25, -0.2) is 9.67 Å². The minimum Gasteiger partial charge on any atom is -0.306 e. The zero-order valence-electron chi connectivity index (χ0n) is 15.0. The molecule has 4 rings (SSSR count). The Bertz CT molecular complexity index is 1240. The van der Waals surface area contributed by atoms with Crippen LogP contribution in [0.4, 0.5) is 11.5 Å². The lowest BCUT2D eigenvalue weighted by atomic mass is 10.1. The molecule has 0 saturated heterocycles. The van der Waals surface area contributed by atoms with Crippen molar-refractivity contribution in [1.29, 1.82) is 0 Å². The number of pyridine rings is 1. The maximum absolute atomic E-state index is 13.0. The maximum atomic E-state index is 13.0. The third kappa shape index (κ3) is 3.75. The van der Waals surface area contributed by atoms with E-state index in [4.69, 9.17) is 0 Å². The molecule has 144 valence electrons. The van der Waals surface area contributed by atoms with Gasteiger partial charge in [0.25, 0.3) is 11.6 Å². The Labute approximate surface area is 168 Å². The van der Waals surface area contributed by atoms with Crippen molar-refractivity contribution in [3.8, 4) is 0 Å². The van der Waals surface area contributed by atoms with E-state index < -0.39 is 10.8 Å². The number of carbonyl (C=O) groups is 1. The van der Waals surface area contributed by atoms with E-state index in [0.29, 0.717) is 15.9 Å². The smallest absolute Gasteiger partial charge is 0.270 e. The molecular weight excluding hydrogens is 394 g/mol. The van der Waals surface area contributed by atoms with Gasteiger partial charge in [-0.2, -0.15) is 0 Å². The van der Waals surface area contributed by atoms with Gasteiger partial charge < -0.3 is 5.32 Å². The second-order valence-electron chi connectivity index (χ2n) is 5.96. The highest BCUT2D eigenvalue weighted by Gasteiger charge is 2.20. The van der Waals surface area contributed by atoms with Gasteiger partial charge in [0.2, 0.25) is 5.16 Å². The highest BCUT2D eigenvalue weighted by molar-refractivity contribution is 7.99. The van der Waals surface area contributed by atoms with Gasteiger partial charge in [-0.1, -0.05) is 24.3 Å². The van der Waals surface area contributed by atoms with Crippen LogP contribution in [0.5, 0.6) is 0 Å². The van der Waals surface area contributed by atoms with E-state index in [0.717, 1.165) is 22.5 Å². The molecule has 11 heteroatoms. The predicted octanol–water partition coefficient (Wildman–Crippen LogP) is 3.07. The Balaban J connectivity index is 1.73. The molecule has 0 radical (unpaired) electrons. The molecule has 1 amide bonds. The van der Waals surface area contributed by atoms with Crippen molar-refractivity contribution >= 4 is 39.9 Å². The number of tetrazole rings is 1. The summed E-state index contributed by atoms with van der Waals surface area (Å²) in [7, 11) is 1.66. The van der Waals surface area contributed by atoms with Crippen LogP contribution in [-0.4, -0.2) is 36.0 Å². The van der Waals surface area contributed by atoms with Gasteiger partial charge >= 0.3 is 0 Å². The molecule has 2 heterocycles. The fraction of sp³-hybridized carbons (Fsp3) is 0.0556. The fourth-order valence-electron chi connectivity index (χ4n) is 2.70. The van der Waals surface area contributed by atoms with Crippen LogP contribution < -0.4 is 5.32 Å². The lowest BCUT2D eigenvalue weighted by Crippen LogP contribution is -2.15. The molecule has 4 aromatic rings. The molecule has 0 fully saturated rings. The zero-order valence-corrected chi connectivity index (χ0v) is 15.8. The summed E-state index contributed by atoms with van der Waals surface area (Å²) in [6, 6.07) is 13.4. The van der Waals surface area contributed by atoms with Crippen LogP contribution in [0.3, 0.4) is 0 Å². The number of nitrogens with one attached hydrogen (secondary N) is 1. The van der Waals surface area contributed by atoms with E-state index >= 15 is 0 Å². The first-order valence-corrected chi connectivity index (χ1v) is 9.18. The highest BCUT2D eigenvalue weighted by atomic mass is 32.2. The minimum absolute atomic E-state index is 0.127. The number of carbonyl (C=O) groups excluding carboxylic acids is 1. The van der Waals surface area contributed by atoms with Crippen LogP contribution in [-0.2, 0) is 7.05 Å². The van der Waals surface area contributed by atoms with E-state index in [2.05, 4.69) is 25.8 Å². The molecule has 0 atom stereocenters. The average Bonchev–Trinajstić information content (AvgIpc) is 3.13. The number of nitro groups is 1. The van der Waals surface area contributed by atoms with Crippen molar-refractivity contribution in [2.24, 2.45) is 7.05 Å². The van der Waals surface area contributed by atoms with Crippen molar-refractivity contribution in [3.63, 3.8) is 0 Å². The number of non-ortho nitro benzene ring substituents is 1. The molecule has 0 spiro atoms. The van der Waals surface area contributed by atoms with E-state index in [1.807, 2.05) is 30.3 Å². The molecule has 0 bridgehead atoms. The van der Waals surface area contributed by atoms with Crippen LogP contribution in [0, 0.1) is 10.1 Å². The summed E-state index contributed by atoms with van der Waals surface area (Å²) in [4.78, 5) is 28.4. The minimum atomic E-state index is -0.550. The van der Waals surface area contributed by atoms with Crippen molar-refractivity contribution in [3.05, 3.63) is 70.4 Å². The molecule has 0 saturated carbocycles. The number of fused-ring (bicyclic) bond motifs is 1. The van der Waals surface area contributed by atoms with E-state index in [9.17, 15) is 14.9 Å². The van der Waals surface area contributed by atoms with Crippen molar-refractivity contribution in [2.75, 3.05) is 5.32 Å². The molecular formula is C18H13N7O3S. The van der Waals surface area contributed by atoms with Crippen LogP contribution in [0.1, 0.15) is 10.4 Å². The quantitative estimate of drug-likeness (QED) is 0.395. The number of nitro benzene ring substituents is 1. The predicted molar refractivity (Wildman–Crippen MR) is 106 cm³/mol. The summed E-state index contributed by atoms with van der Waals surface area (Å²) in [5.41, 5.74) is -0.0663. The topological polar surface area (TPSA) is 129 Å². The first kappa shape index (κ1) is 18.5. The summed E-state index contributed by atoms with van der Waals surface area (Å²) in [6.07, 6.45) is 1.59. The second-order valence-corrected chi connectivity index (χ2v) is 6.97. The Morgan fingerprint density at radius 1 is 1.21 bits per heavy atom. The molecule has 0 aliphatic carbocycles. The normalized spacial score (nSPS) is 10.8. The summed E-state index contributed by atoms with van der Waals surface area (Å²) in [6.45, 7) is 0. The summed E-state index contributed by atoms with van der Waals surface area (Å²) in [5.74, 6) is -0.147. The first-order valence-electron chi connectivity index (χ1n) is 8.36. The molecule has 2 aromatic heterocycles. The van der Waals surface area contributed by atoms with Crippen molar-refractivity contribution < 1.29 is 9.72 Å². The van der Waals surface area contributed by atoms with Gasteiger partial charge in [0.05, 0.1) is 10.5 Å². The van der Waals surface area contributed by atoms with Gasteiger partial charge in [0.1, 0.15) is 5.82 Å². The number of aryl methyl sites for hydroxylation is 1. The number of amides is 1. The first-order chi connectivity index (χ1) is 14.0. The fourth-order valence-corrected chi connectivity index (χ4v) is 3.54. The Hall–Kier alpha value is -3.86. The molecule has 10 nitrogen and oxygen atoms in total. The standard InChI is InChI=1S/C18H13N7O3S/c1-24-18(21-22-23-24)29-15-7-6-12(25(27)28)10-14(15)17(26)20-16-13-5-3-2-4-11(13)8-9-19-16/h2-10H,1H3,(H,19,20,26). The van der Waals surface area contributed by atoms with Gasteiger partial charge in [0, 0.05) is 35.7 Å². The number of benzene rings is 2. The Kier molecular flexibility index (Phi) is 4.87. The monoisotopic (exact) mass is 407 g/mol. The summed E-state index contributed by atoms with van der Waals surface area (Å²) >= 11 is 1.13. The molecule has 0 aliphatic rings. The van der Waals surface area contributed by atoms with Crippen LogP contribution in [0.25, 0.3) is 10.8 Å². The van der Waals surface area contributed by atoms with Gasteiger partial charge in [-0.05, 0) is 39.7 Å². The van der Waals surface area contributed by atoms with Gasteiger partial charge in [-0.15, -0.1) is 5.10 Å². The Morgan fingerprint density at radius 2 is 2.03 bits per heavy atom. The van der Waals surface area contributed by atoms with Crippen LogP contribution >= 0.6 is 11.8 Å². The second kappa shape index (κ2) is 7.64. The van der Waals surface area contributed by atoms with Crippen molar-refractivity contribution in [1.82, 2.24) is 25.2 Å². The number of anilines is 1. The molecule has 0 unspecified atom stereocenters. The Morgan fingerprint density at radius 3 is 2.79 bits per heavy atom. The SMILES string of the molecule is Cn1nnnc1Sc1ccc([N+](=O)[O-])cc1C(=O)Nc1nccc2ccccc12. The number of rotatable bonds is 5. The largest absolute Gasteiger partial charge is 0.306 e. The molecule has 1 N–H and O–H groups in total. The molecule has 29 heavy (non-hydrogen) atoms. The number of aromatic nitrogens is 5. The third-order valence-electron chi connectivity index (χ3n) is 4.11. The third-order valence-corrected chi connectivity index (χ3v) is 5.21. The number of nitrogens with zero attached hydrogens (tertiary/aromatic N) is 6. The van der Waals surface area contributed by atoms with E-state index in [1.165, 1.54) is 22.9 Å². The van der Waals surface area contributed by atoms with Crippen LogP contribution in [0.15, 0.2) is 64.8 Å². The maximum Gasteiger partial charge on any atom is 0.270 e. The van der Waals surface area contributed by atoms with Crippen LogP contribution in [0.2, 0.25) is 0 Å². The van der Waals surface area contributed by atoms with Gasteiger partial charge in [0.15, 0.2) is 0 Å². The molecule has 0 aliphatic heterocycles. The van der Waals surface area contributed by atoms with E-state index in [1.54, 1.807) is 13.2 Å². The lowest BCUT2D eigenvalue weighted by molar-refractivity contribution is -0.384. The molecule has 2 aromatic carbocycles. The number of hydrogen-bond donors (Lipinski definition) is 1. The van der Waals surface area contributed by atoms with Crippen molar-refractivity contribution in [2.45, 2.75) is 10.1 Å². The highest BCUT2D eigenvalue weighted by Crippen LogP contribution is 2.32. The zero-order chi connectivity index (χ0) is 20.4. The number of hydrogen-bond acceptors (Lipinski definition) is 8. The summed E-state index contributed by atoms with van der Waals surface area (Å²) < 4.78 is 1.44.